The highest BCUT2D eigenvalue weighted by molar-refractivity contribution is 5.88. The van der Waals surface area contributed by atoms with Crippen molar-refractivity contribution >= 4 is 33.6 Å². The summed E-state index contributed by atoms with van der Waals surface area (Å²) < 4.78 is 5.32. The summed E-state index contributed by atoms with van der Waals surface area (Å²) in [7, 11) is 0. The normalized spacial score (nSPS) is 11.0. The van der Waals surface area contributed by atoms with Gasteiger partial charge in [0.25, 0.3) is 0 Å². The summed E-state index contributed by atoms with van der Waals surface area (Å²) in [5.74, 6) is 0.442. The number of esters is 1. The van der Waals surface area contributed by atoms with E-state index in [1.54, 1.807) is 0 Å². The van der Waals surface area contributed by atoms with Gasteiger partial charge in [0.15, 0.2) is 12.4 Å². The first-order valence-corrected chi connectivity index (χ1v) is 7.92. The second kappa shape index (κ2) is 6.24. The Kier molecular flexibility index (Phi) is 3.78. The molecule has 0 radical (unpaired) electrons. The zero-order valence-corrected chi connectivity index (χ0v) is 13.4. The smallest absolute Gasteiger partial charge is 0.310 e. The first-order chi connectivity index (χ1) is 12.2. The van der Waals surface area contributed by atoms with E-state index >= 15 is 0 Å². The third-order valence-corrected chi connectivity index (χ3v) is 4.05. The van der Waals surface area contributed by atoms with Crippen molar-refractivity contribution in [3.05, 3.63) is 66.1 Å². The number of nitrogens with two attached hydrogens (primary N) is 1. The SMILES string of the molecule is Nc1nc(COC(=O)Cc2c[nH]c3ccccc23)nc2ccccc12. The van der Waals surface area contributed by atoms with Crippen LogP contribution in [-0.4, -0.2) is 20.9 Å². The second-order valence-electron chi connectivity index (χ2n) is 5.74. The molecule has 0 fully saturated rings. The lowest BCUT2D eigenvalue weighted by Gasteiger charge is -2.06. The number of H-pyrrole nitrogens is 1. The molecule has 0 spiro atoms. The van der Waals surface area contributed by atoms with Gasteiger partial charge in [-0.15, -0.1) is 0 Å². The summed E-state index contributed by atoms with van der Waals surface area (Å²) in [5, 5.41) is 1.81. The van der Waals surface area contributed by atoms with E-state index in [-0.39, 0.29) is 19.0 Å². The third kappa shape index (κ3) is 3.01. The summed E-state index contributed by atoms with van der Waals surface area (Å²) in [6.45, 7) is -0.00375. The first-order valence-electron chi connectivity index (χ1n) is 7.92. The van der Waals surface area contributed by atoms with Gasteiger partial charge in [-0.3, -0.25) is 4.79 Å². The molecule has 3 N–H and O–H groups in total. The Bertz CT molecular complexity index is 1070. The van der Waals surface area contributed by atoms with Crippen LogP contribution in [-0.2, 0) is 22.6 Å². The summed E-state index contributed by atoms with van der Waals surface area (Å²) >= 11 is 0. The largest absolute Gasteiger partial charge is 0.457 e. The fourth-order valence-corrected chi connectivity index (χ4v) is 2.85. The molecular weight excluding hydrogens is 316 g/mol. The molecular formula is C19H16N4O2. The van der Waals surface area contributed by atoms with Gasteiger partial charge in [0, 0.05) is 22.5 Å². The molecule has 6 nitrogen and oxygen atoms in total. The van der Waals surface area contributed by atoms with Crippen LogP contribution in [0.25, 0.3) is 21.8 Å². The van der Waals surface area contributed by atoms with E-state index in [0.29, 0.717) is 11.6 Å². The molecule has 0 aliphatic rings. The van der Waals surface area contributed by atoms with Gasteiger partial charge in [-0.25, -0.2) is 9.97 Å². The molecule has 2 heterocycles. The van der Waals surface area contributed by atoms with E-state index in [0.717, 1.165) is 27.4 Å². The number of anilines is 1. The van der Waals surface area contributed by atoms with Crippen molar-refractivity contribution in [1.29, 1.82) is 0 Å². The number of ether oxygens (including phenoxy) is 1. The van der Waals surface area contributed by atoms with E-state index in [4.69, 9.17) is 10.5 Å². The predicted molar refractivity (Wildman–Crippen MR) is 95.7 cm³/mol. The summed E-state index contributed by atoms with van der Waals surface area (Å²) in [4.78, 5) is 23.9. The Hall–Kier alpha value is -3.41. The lowest BCUT2D eigenvalue weighted by Crippen LogP contribution is -2.10. The van der Waals surface area contributed by atoms with Crippen LogP contribution in [0.5, 0.6) is 0 Å². The van der Waals surface area contributed by atoms with Crippen LogP contribution in [0.15, 0.2) is 54.7 Å². The lowest BCUT2D eigenvalue weighted by atomic mass is 10.1. The number of carbonyl (C=O) groups is 1. The Morgan fingerprint density at radius 1 is 1.04 bits per heavy atom. The van der Waals surface area contributed by atoms with Crippen molar-refractivity contribution in [2.24, 2.45) is 0 Å². The number of carbonyl (C=O) groups excluding carboxylic acids is 1. The lowest BCUT2D eigenvalue weighted by molar-refractivity contribution is -0.144. The zero-order valence-electron chi connectivity index (χ0n) is 13.4. The van der Waals surface area contributed by atoms with Gasteiger partial charge in [-0.05, 0) is 23.8 Å². The number of para-hydroxylation sites is 2. The van der Waals surface area contributed by atoms with Gasteiger partial charge in [0.2, 0.25) is 0 Å². The second-order valence-corrected chi connectivity index (χ2v) is 5.74. The van der Waals surface area contributed by atoms with Gasteiger partial charge in [-0.1, -0.05) is 30.3 Å². The summed E-state index contributed by atoms with van der Waals surface area (Å²) in [5.41, 5.74) is 8.57. The molecule has 124 valence electrons. The molecule has 4 aromatic rings. The van der Waals surface area contributed by atoms with E-state index in [1.807, 2.05) is 54.7 Å². The van der Waals surface area contributed by atoms with Crippen molar-refractivity contribution in [3.8, 4) is 0 Å². The minimum Gasteiger partial charge on any atom is -0.457 e. The number of rotatable bonds is 4. The number of fused-ring (bicyclic) bond motifs is 2. The first kappa shape index (κ1) is 15.1. The van der Waals surface area contributed by atoms with Crippen LogP contribution in [0.2, 0.25) is 0 Å². The average molecular weight is 332 g/mol. The number of nitrogens with one attached hydrogen (secondary N) is 1. The van der Waals surface area contributed by atoms with E-state index in [1.165, 1.54) is 0 Å². The van der Waals surface area contributed by atoms with Crippen LogP contribution in [0.1, 0.15) is 11.4 Å². The number of aromatic amines is 1. The molecule has 0 unspecified atom stereocenters. The van der Waals surface area contributed by atoms with Crippen molar-refractivity contribution in [1.82, 2.24) is 15.0 Å². The zero-order chi connectivity index (χ0) is 17.2. The molecule has 0 amide bonds. The minimum atomic E-state index is -0.333. The maximum Gasteiger partial charge on any atom is 0.310 e. The number of nitrogens with zero attached hydrogens (tertiary/aromatic N) is 2. The number of hydrogen-bond donors (Lipinski definition) is 2. The minimum absolute atomic E-state index is 0.00375. The third-order valence-electron chi connectivity index (χ3n) is 4.05. The molecule has 0 bridgehead atoms. The number of benzene rings is 2. The fraction of sp³-hybridized carbons (Fsp3) is 0.105. The highest BCUT2D eigenvalue weighted by Crippen LogP contribution is 2.19. The van der Waals surface area contributed by atoms with Gasteiger partial charge in [0.05, 0.1) is 11.9 Å². The van der Waals surface area contributed by atoms with Crippen LogP contribution in [0.4, 0.5) is 5.82 Å². The van der Waals surface area contributed by atoms with E-state index < -0.39 is 0 Å². The van der Waals surface area contributed by atoms with Gasteiger partial charge < -0.3 is 15.5 Å². The van der Waals surface area contributed by atoms with Crippen LogP contribution >= 0.6 is 0 Å². The molecule has 4 rings (SSSR count). The predicted octanol–water partition coefficient (Wildman–Crippen LogP) is 2.98. The molecule has 0 saturated carbocycles. The van der Waals surface area contributed by atoms with Gasteiger partial charge >= 0.3 is 5.97 Å². The maximum absolute atomic E-state index is 12.2. The number of aromatic nitrogens is 3. The Morgan fingerprint density at radius 3 is 2.68 bits per heavy atom. The van der Waals surface area contributed by atoms with Crippen molar-refractivity contribution < 1.29 is 9.53 Å². The van der Waals surface area contributed by atoms with Crippen molar-refractivity contribution in [3.63, 3.8) is 0 Å². The Balaban J connectivity index is 1.47. The molecule has 0 saturated heterocycles. The Morgan fingerprint density at radius 2 is 1.80 bits per heavy atom. The molecule has 0 aliphatic heterocycles. The highest BCUT2D eigenvalue weighted by Gasteiger charge is 2.11. The number of nitrogen functional groups attached to an aromatic ring is 1. The van der Waals surface area contributed by atoms with Crippen LogP contribution in [0, 0.1) is 0 Å². The average Bonchev–Trinajstić information content (AvgIpc) is 3.03. The molecule has 2 aromatic carbocycles. The number of hydrogen-bond acceptors (Lipinski definition) is 5. The van der Waals surface area contributed by atoms with Gasteiger partial charge in [0.1, 0.15) is 5.82 Å². The maximum atomic E-state index is 12.2. The topological polar surface area (TPSA) is 93.9 Å². The summed E-state index contributed by atoms with van der Waals surface area (Å²) in [6, 6.07) is 15.3. The highest BCUT2D eigenvalue weighted by atomic mass is 16.5. The van der Waals surface area contributed by atoms with Crippen molar-refractivity contribution in [2.45, 2.75) is 13.0 Å². The monoisotopic (exact) mass is 332 g/mol. The Labute approximate surface area is 143 Å². The quantitative estimate of drug-likeness (QED) is 0.560. The molecule has 25 heavy (non-hydrogen) atoms. The van der Waals surface area contributed by atoms with Crippen LogP contribution < -0.4 is 5.73 Å². The molecule has 0 atom stereocenters. The van der Waals surface area contributed by atoms with Crippen molar-refractivity contribution in [2.75, 3.05) is 5.73 Å². The van der Waals surface area contributed by atoms with E-state index in [2.05, 4.69) is 15.0 Å². The molecule has 0 aliphatic carbocycles. The van der Waals surface area contributed by atoms with E-state index in [9.17, 15) is 4.79 Å². The van der Waals surface area contributed by atoms with Crippen LogP contribution in [0.3, 0.4) is 0 Å². The standard InChI is InChI=1S/C19H16N4O2/c20-19-14-6-2-4-8-16(14)22-17(23-19)11-25-18(24)9-12-10-21-15-7-3-1-5-13(12)15/h1-8,10,21H,9,11H2,(H2,20,22,23). The molecule has 6 heteroatoms. The molecule has 2 aromatic heterocycles. The fourth-order valence-electron chi connectivity index (χ4n) is 2.85. The van der Waals surface area contributed by atoms with Gasteiger partial charge in [-0.2, -0.15) is 0 Å². The summed E-state index contributed by atoms with van der Waals surface area (Å²) in [6.07, 6.45) is 2.02.